The predicted molar refractivity (Wildman–Crippen MR) is 72.2 cm³/mol. The van der Waals surface area contributed by atoms with Gasteiger partial charge >= 0.3 is 0 Å². The molecule has 0 aromatic carbocycles. The van der Waals surface area contributed by atoms with Crippen LogP contribution in [0.15, 0.2) is 0 Å². The van der Waals surface area contributed by atoms with Gasteiger partial charge in [0.1, 0.15) is 0 Å². The van der Waals surface area contributed by atoms with Gasteiger partial charge in [-0.3, -0.25) is 4.79 Å². The first kappa shape index (κ1) is 14.8. The van der Waals surface area contributed by atoms with Crippen LogP contribution in [0.4, 0.5) is 0 Å². The highest BCUT2D eigenvalue weighted by Crippen LogP contribution is 2.36. The lowest BCUT2D eigenvalue weighted by atomic mass is 9.93. The molecule has 17 heavy (non-hydrogen) atoms. The number of nitrogens with zero attached hydrogens (tertiary/aromatic N) is 1. The third-order valence-corrected chi connectivity index (χ3v) is 4.45. The molecule has 1 aliphatic heterocycles. The normalized spacial score (nSPS) is 31.4. The van der Waals surface area contributed by atoms with E-state index in [-0.39, 0.29) is 23.9 Å². The summed E-state index contributed by atoms with van der Waals surface area (Å²) >= 11 is 0. The Morgan fingerprint density at radius 3 is 2.59 bits per heavy atom. The molecule has 1 aliphatic carbocycles. The Balaban J connectivity index is 0.00000144. The van der Waals surface area contributed by atoms with Crippen LogP contribution in [0.5, 0.6) is 0 Å². The number of carbonyl (C=O) groups excluding carboxylic acids is 1. The topological polar surface area (TPSA) is 46.3 Å². The molecule has 0 spiro atoms. The zero-order chi connectivity index (χ0) is 11.8. The summed E-state index contributed by atoms with van der Waals surface area (Å²) in [6.07, 6.45) is 5.65. The van der Waals surface area contributed by atoms with Gasteiger partial charge in [-0.1, -0.05) is 6.42 Å². The second-order valence-electron chi connectivity index (χ2n) is 5.94. The number of hydrogen-bond acceptors (Lipinski definition) is 2. The maximum atomic E-state index is 12.5. The summed E-state index contributed by atoms with van der Waals surface area (Å²) in [7, 11) is 0. The van der Waals surface area contributed by atoms with Crippen molar-refractivity contribution in [3.8, 4) is 0 Å². The average molecular weight is 261 g/mol. The van der Waals surface area contributed by atoms with Crippen molar-refractivity contribution >= 4 is 18.3 Å². The van der Waals surface area contributed by atoms with E-state index in [0.717, 1.165) is 32.2 Å². The Morgan fingerprint density at radius 1 is 1.35 bits per heavy atom. The molecule has 2 fully saturated rings. The third kappa shape index (κ3) is 2.76. The van der Waals surface area contributed by atoms with Crippen LogP contribution in [0.25, 0.3) is 0 Å². The summed E-state index contributed by atoms with van der Waals surface area (Å²) in [6, 6.07) is 0. The van der Waals surface area contributed by atoms with Crippen LogP contribution in [-0.2, 0) is 4.79 Å². The zero-order valence-corrected chi connectivity index (χ0v) is 11.8. The lowest BCUT2D eigenvalue weighted by molar-refractivity contribution is -0.139. The van der Waals surface area contributed by atoms with Gasteiger partial charge in [-0.2, -0.15) is 0 Å². The summed E-state index contributed by atoms with van der Waals surface area (Å²) in [4.78, 5) is 14.6. The van der Waals surface area contributed by atoms with Crippen molar-refractivity contribution in [2.45, 2.75) is 51.5 Å². The Hall–Kier alpha value is -0.280. The summed E-state index contributed by atoms with van der Waals surface area (Å²) in [5, 5.41) is 0. The van der Waals surface area contributed by atoms with E-state index >= 15 is 0 Å². The highest BCUT2D eigenvalue weighted by Gasteiger charge is 2.41. The molecule has 1 saturated carbocycles. The Labute approximate surface area is 111 Å². The van der Waals surface area contributed by atoms with Crippen LogP contribution >= 0.6 is 12.4 Å². The molecule has 0 bridgehead atoms. The summed E-state index contributed by atoms with van der Waals surface area (Å²) in [5.41, 5.74) is 5.83. The summed E-state index contributed by atoms with van der Waals surface area (Å²) in [6.45, 7) is 5.99. The predicted octanol–water partition coefficient (Wildman–Crippen LogP) is 2.18. The molecule has 2 rings (SSSR count). The van der Waals surface area contributed by atoms with E-state index in [1.807, 2.05) is 0 Å². The van der Waals surface area contributed by atoms with Crippen LogP contribution in [-0.4, -0.2) is 29.4 Å². The highest BCUT2D eigenvalue weighted by molar-refractivity contribution is 5.85. The summed E-state index contributed by atoms with van der Waals surface area (Å²) in [5.74, 6) is 1.02. The molecule has 100 valence electrons. The zero-order valence-electron chi connectivity index (χ0n) is 10.9. The number of amides is 1. The fraction of sp³-hybridized carbons (Fsp3) is 0.923. The van der Waals surface area contributed by atoms with E-state index < -0.39 is 0 Å². The van der Waals surface area contributed by atoms with Crippen molar-refractivity contribution in [1.82, 2.24) is 4.90 Å². The molecule has 2 N–H and O–H groups in total. The minimum Gasteiger partial charge on any atom is -0.337 e. The van der Waals surface area contributed by atoms with Gasteiger partial charge in [0, 0.05) is 18.0 Å². The van der Waals surface area contributed by atoms with Crippen molar-refractivity contribution in [3.05, 3.63) is 0 Å². The molecular weight excluding hydrogens is 236 g/mol. The molecule has 0 radical (unpaired) electrons. The van der Waals surface area contributed by atoms with Gasteiger partial charge in [0.25, 0.3) is 0 Å². The van der Waals surface area contributed by atoms with Gasteiger partial charge in [-0.05, 0) is 52.0 Å². The van der Waals surface area contributed by atoms with Gasteiger partial charge in [0.15, 0.2) is 0 Å². The number of nitrogens with two attached hydrogens (primary N) is 1. The van der Waals surface area contributed by atoms with E-state index in [2.05, 4.69) is 18.7 Å². The van der Waals surface area contributed by atoms with E-state index in [9.17, 15) is 4.79 Å². The van der Waals surface area contributed by atoms with Crippen LogP contribution in [0.1, 0.15) is 46.0 Å². The first-order chi connectivity index (χ1) is 7.56. The van der Waals surface area contributed by atoms with Crippen LogP contribution in [0.2, 0.25) is 0 Å². The molecule has 2 atom stereocenters. The van der Waals surface area contributed by atoms with E-state index in [1.165, 1.54) is 6.42 Å². The second kappa shape index (κ2) is 5.57. The quantitative estimate of drug-likeness (QED) is 0.827. The van der Waals surface area contributed by atoms with Gasteiger partial charge in [-0.15, -0.1) is 12.4 Å². The Bertz CT molecular complexity index is 281. The van der Waals surface area contributed by atoms with E-state index in [4.69, 9.17) is 5.73 Å². The first-order valence-corrected chi connectivity index (χ1v) is 6.58. The average Bonchev–Trinajstić information content (AvgIpc) is 2.82. The van der Waals surface area contributed by atoms with Gasteiger partial charge in [0.05, 0.1) is 0 Å². The van der Waals surface area contributed by atoms with Crippen molar-refractivity contribution in [1.29, 1.82) is 0 Å². The molecule has 0 unspecified atom stereocenters. The maximum Gasteiger partial charge on any atom is 0.226 e. The van der Waals surface area contributed by atoms with E-state index in [0.29, 0.717) is 18.4 Å². The molecule has 1 amide bonds. The lowest BCUT2D eigenvalue weighted by Crippen LogP contribution is -2.46. The standard InChI is InChI=1S/C13H24N2O.ClH/c1-13(2)7-4-8-15(13)12(16)11-6-3-5-10(11)9-14;/h10-11H,3-9,14H2,1-2H3;1H/t10-,11-;/m1./s1. The fourth-order valence-electron chi connectivity index (χ4n) is 3.36. The summed E-state index contributed by atoms with van der Waals surface area (Å²) < 4.78 is 0. The van der Waals surface area contributed by atoms with E-state index in [1.54, 1.807) is 0 Å². The maximum absolute atomic E-state index is 12.5. The molecule has 3 nitrogen and oxygen atoms in total. The van der Waals surface area contributed by atoms with Crippen molar-refractivity contribution in [2.75, 3.05) is 13.1 Å². The van der Waals surface area contributed by atoms with Crippen LogP contribution < -0.4 is 5.73 Å². The smallest absolute Gasteiger partial charge is 0.226 e. The van der Waals surface area contributed by atoms with Gasteiger partial charge in [0.2, 0.25) is 5.91 Å². The second-order valence-corrected chi connectivity index (χ2v) is 5.94. The number of hydrogen-bond donors (Lipinski definition) is 1. The first-order valence-electron chi connectivity index (χ1n) is 6.58. The number of likely N-dealkylation sites (tertiary alicyclic amines) is 1. The molecular formula is C13H25ClN2O. The number of carbonyl (C=O) groups is 1. The molecule has 0 aromatic rings. The third-order valence-electron chi connectivity index (χ3n) is 4.45. The van der Waals surface area contributed by atoms with Crippen molar-refractivity contribution in [2.24, 2.45) is 17.6 Å². The minimum absolute atomic E-state index is 0. The van der Waals surface area contributed by atoms with Crippen LogP contribution in [0, 0.1) is 11.8 Å². The van der Waals surface area contributed by atoms with Crippen LogP contribution in [0.3, 0.4) is 0 Å². The minimum atomic E-state index is 0. The number of rotatable bonds is 2. The Morgan fingerprint density at radius 2 is 2.06 bits per heavy atom. The van der Waals surface area contributed by atoms with Crippen molar-refractivity contribution < 1.29 is 4.79 Å². The van der Waals surface area contributed by atoms with Gasteiger partial charge in [-0.25, -0.2) is 0 Å². The van der Waals surface area contributed by atoms with Crippen molar-refractivity contribution in [3.63, 3.8) is 0 Å². The molecule has 1 heterocycles. The lowest BCUT2D eigenvalue weighted by Gasteiger charge is -2.35. The van der Waals surface area contributed by atoms with Gasteiger partial charge < -0.3 is 10.6 Å². The largest absolute Gasteiger partial charge is 0.337 e. The molecule has 2 aliphatic rings. The molecule has 1 saturated heterocycles. The SMILES string of the molecule is CC1(C)CCCN1C(=O)[C@@H]1CCC[C@@H]1CN.Cl. The molecule has 0 aromatic heterocycles. The fourth-order valence-corrected chi connectivity index (χ4v) is 3.36. The monoisotopic (exact) mass is 260 g/mol. The highest BCUT2D eigenvalue weighted by atomic mass is 35.5. The molecule has 4 heteroatoms. The number of halogens is 1. The Kier molecular flexibility index (Phi) is 4.85.